The first-order valence-corrected chi connectivity index (χ1v) is 8.40. The summed E-state index contributed by atoms with van der Waals surface area (Å²) in [5.41, 5.74) is 6.43. The van der Waals surface area contributed by atoms with Gasteiger partial charge in [0.2, 0.25) is 0 Å². The quantitative estimate of drug-likeness (QED) is 0.792. The predicted octanol–water partition coefficient (Wildman–Crippen LogP) is 4.70. The third-order valence-corrected chi connectivity index (χ3v) is 5.38. The van der Waals surface area contributed by atoms with Crippen LogP contribution >= 0.6 is 0 Å². The Morgan fingerprint density at radius 2 is 2.05 bits per heavy atom. The maximum Gasteiger partial charge on any atom is 0.0299 e. The van der Waals surface area contributed by atoms with E-state index < -0.39 is 0 Å². The molecule has 0 spiro atoms. The van der Waals surface area contributed by atoms with Crippen molar-refractivity contribution in [2.24, 2.45) is 5.92 Å². The minimum absolute atomic E-state index is 0.845. The number of aryl methyl sites for hydroxylation is 2. The second kappa shape index (κ2) is 5.63. The summed E-state index contributed by atoms with van der Waals surface area (Å²) in [6.45, 7) is 0. The van der Waals surface area contributed by atoms with Crippen LogP contribution in [-0.4, -0.2) is 4.98 Å². The second-order valence-corrected chi connectivity index (χ2v) is 6.78. The fourth-order valence-electron chi connectivity index (χ4n) is 4.44. The van der Waals surface area contributed by atoms with Crippen molar-refractivity contribution in [1.29, 1.82) is 0 Å². The summed E-state index contributed by atoms with van der Waals surface area (Å²) in [4.78, 5) is 4.24. The van der Waals surface area contributed by atoms with Crippen molar-refractivity contribution in [1.82, 2.24) is 4.98 Å². The summed E-state index contributed by atoms with van der Waals surface area (Å²) in [5.74, 6) is 1.70. The van der Waals surface area contributed by atoms with Crippen molar-refractivity contribution >= 4 is 0 Å². The van der Waals surface area contributed by atoms with E-state index in [0.717, 1.165) is 11.8 Å². The summed E-state index contributed by atoms with van der Waals surface area (Å²) >= 11 is 0. The molecule has 2 aromatic rings. The largest absolute Gasteiger partial charge is 0.264 e. The highest BCUT2D eigenvalue weighted by molar-refractivity contribution is 5.41. The molecule has 0 aliphatic heterocycles. The van der Waals surface area contributed by atoms with Gasteiger partial charge in [-0.3, -0.25) is 4.98 Å². The molecule has 0 bridgehead atoms. The van der Waals surface area contributed by atoms with Gasteiger partial charge in [0.05, 0.1) is 0 Å². The number of nitrogens with zero attached hydrogens (tertiary/aromatic N) is 1. The molecule has 21 heavy (non-hydrogen) atoms. The molecule has 0 fully saturated rings. The minimum atomic E-state index is 0.845. The number of hydrogen-bond acceptors (Lipinski definition) is 1. The summed E-state index contributed by atoms with van der Waals surface area (Å²) in [6.07, 6.45) is 13.2. The molecule has 2 aliphatic carbocycles. The molecule has 1 aromatic heterocycles. The molecule has 108 valence electrons. The molecular weight excluding hydrogens is 254 g/mol. The van der Waals surface area contributed by atoms with E-state index in [1.165, 1.54) is 50.5 Å². The van der Waals surface area contributed by atoms with Gasteiger partial charge in [-0.1, -0.05) is 24.3 Å². The van der Waals surface area contributed by atoms with Gasteiger partial charge in [0.1, 0.15) is 0 Å². The maximum absolute atomic E-state index is 4.24. The first-order valence-electron chi connectivity index (χ1n) is 8.40. The van der Waals surface area contributed by atoms with E-state index in [2.05, 4.69) is 35.3 Å². The molecule has 1 heteroatoms. The monoisotopic (exact) mass is 277 g/mol. The molecule has 0 saturated carbocycles. The Labute approximate surface area is 127 Å². The summed E-state index contributed by atoms with van der Waals surface area (Å²) < 4.78 is 0. The zero-order valence-corrected chi connectivity index (χ0v) is 12.6. The fourth-order valence-corrected chi connectivity index (χ4v) is 4.44. The van der Waals surface area contributed by atoms with Crippen LogP contribution in [0.1, 0.15) is 53.9 Å². The average Bonchev–Trinajstić information content (AvgIpc) is 2.54. The smallest absolute Gasteiger partial charge is 0.0299 e. The van der Waals surface area contributed by atoms with Crippen LogP contribution in [0.2, 0.25) is 0 Å². The zero-order valence-electron chi connectivity index (χ0n) is 12.6. The van der Waals surface area contributed by atoms with Crippen molar-refractivity contribution in [3.8, 4) is 0 Å². The lowest BCUT2D eigenvalue weighted by atomic mass is 9.69. The Bertz CT molecular complexity index is 617. The molecule has 2 unspecified atom stereocenters. The molecular formula is C20H23N. The van der Waals surface area contributed by atoms with E-state index in [-0.39, 0.29) is 0 Å². The zero-order chi connectivity index (χ0) is 14.1. The maximum atomic E-state index is 4.24. The van der Waals surface area contributed by atoms with Gasteiger partial charge < -0.3 is 0 Å². The Hall–Kier alpha value is -1.63. The molecule has 0 saturated heterocycles. The van der Waals surface area contributed by atoms with Crippen LogP contribution in [0.15, 0.2) is 42.7 Å². The van der Waals surface area contributed by atoms with Gasteiger partial charge in [0.25, 0.3) is 0 Å². The van der Waals surface area contributed by atoms with Crippen LogP contribution in [0.4, 0.5) is 0 Å². The fraction of sp³-hybridized carbons (Fsp3) is 0.450. The molecule has 1 nitrogen and oxygen atoms in total. The number of hydrogen-bond donors (Lipinski definition) is 0. The second-order valence-electron chi connectivity index (χ2n) is 6.78. The number of aromatic nitrogens is 1. The molecule has 1 heterocycles. The molecule has 0 radical (unpaired) electrons. The van der Waals surface area contributed by atoms with Crippen molar-refractivity contribution in [2.75, 3.05) is 0 Å². The molecule has 2 atom stereocenters. The van der Waals surface area contributed by atoms with E-state index >= 15 is 0 Å². The first-order chi connectivity index (χ1) is 10.4. The SMILES string of the molecule is c1cncc(CCC2Cc3cccc4c3C(CCC4)C2)c1. The van der Waals surface area contributed by atoms with Crippen LogP contribution in [0, 0.1) is 5.92 Å². The third-order valence-electron chi connectivity index (χ3n) is 5.38. The van der Waals surface area contributed by atoms with Gasteiger partial charge in [0, 0.05) is 12.4 Å². The van der Waals surface area contributed by atoms with Crippen LogP contribution < -0.4 is 0 Å². The Balaban J connectivity index is 1.50. The summed E-state index contributed by atoms with van der Waals surface area (Å²) in [6, 6.07) is 11.3. The molecule has 2 aliphatic rings. The molecule has 1 aromatic carbocycles. The molecule has 0 amide bonds. The third kappa shape index (κ3) is 2.62. The van der Waals surface area contributed by atoms with Crippen LogP contribution in [0.5, 0.6) is 0 Å². The Morgan fingerprint density at radius 1 is 1.10 bits per heavy atom. The highest BCUT2D eigenvalue weighted by atomic mass is 14.6. The minimum Gasteiger partial charge on any atom is -0.264 e. The lowest BCUT2D eigenvalue weighted by molar-refractivity contribution is 0.353. The van der Waals surface area contributed by atoms with Gasteiger partial charge in [0.15, 0.2) is 0 Å². The van der Waals surface area contributed by atoms with E-state index in [1.807, 2.05) is 12.4 Å². The molecule has 0 N–H and O–H groups in total. The topological polar surface area (TPSA) is 12.9 Å². The van der Waals surface area contributed by atoms with Gasteiger partial charge >= 0.3 is 0 Å². The van der Waals surface area contributed by atoms with E-state index in [4.69, 9.17) is 0 Å². The van der Waals surface area contributed by atoms with Gasteiger partial charge in [-0.2, -0.15) is 0 Å². The van der Waals surface area contributed by atoms with Crippen molar-refractivity contribution in [3.05, 3.63) is 65.0 Å². The number of pyridine rings is 1. The predicted molar refractivity (Wildman–Crippen MR) is 86.5 cm³/mol. The van der Waals surface area contributed by atoms with Crippen LogP contribution in [0.25, 0.3) is 0 Å². The standard InChI is InChI=1S/C20H23N/c1-5-17-6-2-8-19-13-16(12-18(7-1)20(17)19)10-9-15-4-3-11-21-14-15/h1,3-5,7,11,14,16,19H,2,6,8-10,12-13H2. The van der Waals surface area contributed by atoms with Crippen molar-refractivity contribution < 1.29 is 0 Å². The summed E-state index contributed by atoms with van der Waals surface area (Å²) in [7, 11) is 0. The Morgan fingerprint density at radius 3 is 2.95 bits per heavy atom. The summed E-state index contributed by atoms with van der Waals surface area (Å²) in [5, 5.41) is 0. The van der Waals surface area contributed by atoms with E-state index in [9.17, 15) is 0 Å². The highest BCUT2D eigenvalue weighted by Crippen LogP contribution is 2.44. The normalized spacial score (nSPS) is 23.6. The van der Waals surface area contributed by atoms with Crippen molar-refractivity contribution in [2.45, 2.75) is 50.9 Å². The van der Waals surface area contributed by atoms with Gasteiger partial charge in [-0.25, -0.2) is 0 Å². The first kappa shape index (κ1) is 13.1. The van der Waals surface area contributed by atoms with E-state index in [1.54, 1.807) is 16.7 Å². The van der Waals surface area contributed by atoms with Gasteiger partial charge in [-0.05, 0) is 85.1 Å². The molecule has 4 rings (SSSR count). The number of rotatable bonds is 3. The van der Waals surface area contributed by atoms with Crippen LogP contribution in [0.3, 0.4) is 0 Å². The van der Waals surface area contributed by atoms with Crippen molar-refractivity contribution in [3.63, 3.8) is 0 Å². The highest BCUT2D eigenvalue weighted by Gasteiger charge is 2.30. The average molecular weight is 277 g/mol. The van der Waals surface area contributed by atoms with Gasteiger partial charge in [-0.15, -0.1) is 0 Å². The Kier molecular flexibility index (Phi) is 3.50. The number of benzene rings is 1. The lowest BCUT2D eigenvalue weighted by Crippen LogP contribution is -2.23. The lowest BCUT2D eigenvalue weighted by Gasteiger charge is -2.36. The van der Waals surface area contributed by atoms with Crippen LogP contribution in [-0.2, 0) is 19.3 Å². The van der Waals surface area contributed by atoms with E-state index in [0.29, 0.717) is 0 Å².